The van der Waals surface area contributed by atoms with Crippen molar-refractivity contribution < 1.29 is 4.12 Å². The van der Waals surface area contributed by atoms with Crippen molar-refractivity contribution in [2.75, 3.05) is 0 Å². The minimum Gasteiger partial charge on any atom is -0.471 e. The standard InChI is InChI=1S/C9H7N.H6OSi2/c1-2-6-9-8(4-1)5-3-7-10-9;2-1-3/h1-7H;2-3H3. The summed E-state index contributed by atoms with van der Waals surface area (Å²) in [5, 5.41) is 1.20. The second-order valence-electron chi connectivity index (χ2n) is 2.60. The van der Waals surface area contributed by atoms with Gasteiger partial charge in [0.05, 0.1) is 5.52 Å². The van der Waals surface area contributed by atoms with Crippen LogP contribution in [0.2, 0.25) is 0 Å². The fraction of sp³-hybridized carbons (Fsp3) is 0. The monoisotopic (exact) mass is 207 g/mol. The van der Waals surface area contributed by atoms with E-state index >= 15 is 0 Å². The van der Waals surface area contributed by atoms with E-state index in [-0.39, 0.29) is 0 Å². The lowest BCUT2D eigenvalue weighted by molar-refractivity contribution is 0.690. The number of benzene rings is 1. The van der Waals surface area contributed by atoms with Gasteiger partial charge in [0.2, 0.25) is 0 Å². The van der Waals surface area contributed by atoms with Crippen molar-refractivity contribution in [1.82, 2.24) is 4.98 Å². The molecular weight excluding hydrogens is 194 g/mol. The number of hydrogen-bond acceptors (Lipinski definition) is 2. The van der Waals surface area contributed by atoms with Crippen LogP contribution in [0.4, 0.5) is 0 Å². The molecule has 1 heterocycles. The summed E-state index contributed by atoms with van der Waals surface area (Å²) in [6, 6.07) is 12.1. The van der Waals surface area contributed by atoms with Gasteiger partial charge in [0.1, 0.15) is 21.0 Å². The van der Waals surface area contributed by atoms with Crippen LogP contribution < -0.4 is 0 Å². The third kappa shape index (κ3) is 3.10. The highest BCUT2D eigenvalue weighted by Crippen LogP contribution is 2.07. The molecule has 0 saturated heterocycles. The van der Waals surface area contributed by atoms with E-state index < -0.39 is 0 Å². The first kappa shape index (κ1) is 10.1. The molecule has 0 bridgehead atoms. The Hall–Kier alpha value is -0.976. The summed E-state index contributed by atoms with van der Waals surface area (Å²) in [6.07, 6.45) is 1.81. The van der Waals surface area contributed by atoms with Gasteiger partial charge in [-0.3, -0.25) is 4.98 Å². The largest absolute Gasteiger partial charge is 0.471 e. The van der Waals surface area contributed by atoms with Gasteiger partial charge in [-0.05, 0) is 12.1 Å². The summed E-state index contributed by atoms with van der Waals surface area (Å²) in [5.74, 6) is 0. The third-order valence-electron chi connectivity index (χ3n) is 1.51. The molecule has 2 aromatic rings. The molecule has 0 aliphatic carbocycles. The van der Waals surface area contributed by atoms with Gasteiger partial charge >= 0.3 is 0 Å². The number of aromatic nitrogens is 1. The molecular formula is C9H13NOSi2. The van der Waals surface area contributed by atoms with Gasteiger partial charge in [0.15, 0.2) is 0 Å². The average molecular weight is 207 g/mol. The third-order valence-corrected chi connectivity index (χ3v) is 1.51. The molecule has 0 aliphatic heterocycles. The number of pyridine rings is 1. The lowest BCUT2D eigenvalue weighted by atomic mass is 10.2. The maximum atomic E-state index is 4.53. The van der Waals surface area contributed by atoms with Gasteiger partial charge in [-0.25, -0.2) is 0 Å². The molecule has 0 saturated carbocycles. The van der Waals surface area contributed by atoms with E-state index in [4.69, 9.17) is 0 Å². The average Bonchev–Trinajstić information content (AvgIpc) is 2.19. The minimum absolute atomic E-state index is 0.931. The molecule has 2 rings (SSSR count). The molecule has 0 aliphatic rings. The van der Waals surface area contributed by atoms with Gasteiger partial charge < -0.3 is 4.12 Å². The summed E-state index contributed by atoms with van der Waals surface area (Å²) in [5.41, 5.74) is 1.06. The highest BCUT2D eigenvalue weighted by atomic mass is 28.3. The molecule has 13 heavy (non-hydrogen) atoms. The summed E-state index contributed by atoms with van der Waals surface area (Å²) >= 11 is 0. The smallest absolute Gasteiger partial charge is 0.129 e. The SMILES string of the molecule is [SiH3]O[SiH3].c1ccc2ncccc2c1. The zero-order valence-corrected chi connectivity index (χ0v) is 11.9. The number of fused-ring (bicyclic) bond motifs is 1. The van der Waals surface area contributed by atoms with Gasteiger partial charge in [0, 0.05) is 11.6 Å². The molecule has 1 aromatic heterocycles. The van der Waals surface area contributed by atoms with Crippen molar-refractivity contribution in [2.45, 2.75) is 0 Å². The highest BCUT2D eigenvalue weighted by molar-refractivity contribution is 6.15. The fourth-order valence-corrected chi connectivity index (χ4v) is 1.02. The van der Waals surface area contributed by atoms with Crippen molar-refractivity contribution >= 4 is 31.9 Å². The Labute approximate surface area is 84.0 Å². The Morgan fingerprint density at radius 3 is 2.31 bits per heavy atom. The van der Waals surface area contributed by atoms with Crippen molar-refractivity contribution in [3.63, 3.8) is 0 Å². The molecule has 0 amide bonds. The van der Waals surface area contributed by atoms with E-state index in [1.165, 1.54) is 5.39 Å². The first-order valence-electron chi connectivity index (χ1n) is 4.08. The molecule has 0 unspecified atom stereocenters. The van der Waals surface area contributed by atoms with E-state index in [9.17, 15) is 0 Å². The second kappa shape index (κ2) is 5.63. The molecule has 0 radical (unpaired) electrons. The van der Waals surface area contributed by atoms with Gasteiger partial charge in [-0.2, -0.15) is 0 Å². The summed E-state index contributed by atoms with van der Waals surface area (Å²) < 4.78 is 4.53. The molecule has 4 heteroatoms. The van der Waals surface area contributed by atoms with Crippen LogP contribution >= 0.6 is 0 Å². The number of rotatable bonds is 0. The predicted molar refractivity (Wildman–Crippen MR) is 62.7 cm³/mol. The number of hydrogen-bond donors (Lipinski definition) is 0. The maximum Gasteiger partial charge on any atom is 0.129 e. The van der Waals surface area contributed by atoms with Crippen molar-refractivity contribution in [2.24, 2.45) is 0 Å². The second-order valence-corrected chi connectivity index (χ2v) is 5.87. The Morgan fingerprint density at radius 2 is 1.62 bits per heavy atom. The molecule has 0 N–H and O–H groups in total. The molecule has 0 spiro atoms. The Bertz CT molecular complexity index is 302. The van der Waals surface area contributed by atoms with Crippen LogP contribution in [0.5, 0.6) is 0 Å². The van der Waals surface area contributed by atoms with E-state index in [1.807, 2.05) is 30.5 Å². The maximum absolute atomic E-state index is 4.53. The van der Waals surface area contributed by atoms with Crippen LogP contribution in [-0.2, 0) is 4.12 Å². The molecule has 0 atom stereocenters. The first-order valence-corrected chi connectivity index (χ1v) is 5.71. The Morgan fingerprint density at radius 1 is 1.00 bits per heavy atom. The fourth-order valence-electron chi connectivity index (χ4n) is 1.02. The lowest BCUT2D eigenvalue weighted by Crippen LogP contribution is -1.73. The van der Waals surface area contributed by atoms with Gasteiger partial charge in [0.25, 0.3) is 0 Å². The first-order chi connectivity index (χ1) is 6.38. The summed E-state index contributed by atoms with van der Waals surface area (Å²) in [7, 11) is 1.86. The van der Waals surface area contributed by atoms with E-state index in [0.29, 0.717) is 0 Å². The zero-order chi connectivity index (χ0) is 9.52. The van der Waals surface area contributed by atoms with Gasteiger partial charge in [-0.1, -0.05) is 24.3 Å². The summed E-state index contributed by atoms with van der Waals surface area (Å²) in [6.45, 7) is 0. The van der Waals surface area contributed by atoms with Crippen LogP contribution in [0.25, 0.3) is 10.9 Å². The molecule has 1 aromatic carbocycles. The van der Waals surface area contributed by atoms with Crippen molar-refractivity contribution in [1.29, 1.82) is 0 Å². The van der Waals surface area contributed by atoms with E-state index in [2.05, 4.69) is 21.2 Å². The Balaban J connectivity index is 0.000000251. The number of para-hydroxylation sites is 1. The van der Waals surface area contributed by atoms with Crippen LogP contribution in [0.15, 0.2) is 42.6 Å². The summed E-state index contributed by atoms with van der Waals surface area (Å²) in [4.78, 5) is 4.18. The predicted octanol–water partition coefficient (Wildman–Crippen LogP) is -0.201. The normalized spacial score (nSPS) is 9.54. The van der Waals surface area contributed by atoms with E-state index in [1.54, 1.807) is 0 Å². The lowest BCUT2D eigenvalue weighted by Gasteiger charge is -1.91. The molecule has 68 valence electrons. The topological polar surface area (TPSA) is 22.1 Å². The van der Waals surface area contributed by atoms with Crippen LogP contribution in [-0.4, -0.2) is 26.0 Å². The zero-order valence-electron chi connectivity index (χ0n) is 7.90. The highest BCUT2D eigenvalue weighted by Gasteiger charge is 1.86. The van der Waals surface area contributed by atoms with Gasteiger partial charge in [-0.15, -0.1) is 0 Å². The van der Waals surface area contributed by atoms with Crippen LogP contribution in [0.1, 0.15) is 0 Å². The Kier molecular flexibility index (Phi) is 4.38. The van der Waals surface area contributed by atoms with Crippen LogP contribution in [0.3, 0.4) is 0 Å². The minimum atomic E-state index is 0.931. The quantitative estimate of drug-likeness (QED) is 0.558. The van der Waals surface area contributed by atoms with Crippen LogP contribution in [0, 0.1) is 0 Å². The molecule has 2 nitrogen and oxygen atoms in total. The van der Waals surface area contributed by atoms with E-state index in [0.717, 1.165) is 26.5 Å². The van der Waals surface area contributed by atoms with Crippen molar-refractivity contribution in [3.05, 3.63) is 42.6 Å². The molecule has 0 fully saturated rings. The van der Waals surface area contributed by atoms with Crippen molar-refractivity contribution in [3.8, 4) is 0 Å². The number of nitrogens with zero attached hydrogens (tertiary/aromatic N) is 1.